The molecule has 6 heteroatoms. The smallest absolute Gasteiger partial charge is 0.212 e. The van der Waals surface area contributed by atoms with Gasteiger partial charge in [0, 0.05) is 39.0 Å². The summed E-state index contributed by atoms with van der Waals surface area (Å²) in [5.41, 5.74) is 1.06. The van der Waals surface area contributed by atoms with Crippen LogP contribution >= 0.6 is 0 Å². The highest BCUT2D eigenvalue weighted by atomic mass is 16.5. The zero-order valence-corrected chi connectivity index (χ0v) is 11.3. The number of rotatable bonds is 5. The van der Waals surface area contributed by atoms with Gasteiger partial charge in [0.25, 0.3) is 0 Å². The van der Waals surface area contributed by atoms with Crippen LogP contribution in [0.15, 0.2) is 30.7 Å². The lowest BCUT2D eigenvalue weighted by Crippen LogP contribution is -2.11. The van der Waals surface area contributed by atoms with Gasteiger partial charge in [-0.05, 0) is 5.56 Å². The monoisotopic (exact) mass is 259 g/mol. The average molecular weight is 259 g/mol. The maximum atomic E-state index is 5.02. The number of aromatic nitrogens is 3. The number of hydrogen-bond acceptors (Lipinski definition) is 6. The Labute approximate surface area is 112 Å². The van der Waals surface area contributed by atoms with Gasteiger partial charge in [0.1, 0.15) is 18.0 Å². The predicted octanol–water partition coefficient (Wildman–Crippen LogP) is 1.56. The molecule has 0 fully saturated rings. The van der Waals surface area contributed by atoms with Crippen LogP contribution in [0.4, 0.5) is 11.6 Å². The Morgan fingerprint density at radius 2 is 2.05 bits per heavy atom. The van der Waals surface area contributed by atoms with Crippen LogP contribution in [0.2, 0.25) is 0 Å². The van der Waals surface area contributed by atoms with E-state index < -0.39 is 0 Å². The predicted molar refractivity (Wildman–Crippen MR) is 74.5 cm³/mol. The second kappa shape index (κ2) is 5.99. The molecule has 0 radical (unpaired) electrons. The quantitative estimate of drug-likeness (QED) is 0.879. The molecule has 0 bridgehead atoms. The number of methoxy groups -OCH3 is 1. The van der Waals surface area contributed by atoms with E-state index in [0.29, 0.717) is 12.4 Å². The van der Waals surface area contributed by atoms with Gasteiger partial charge in [-0.25, -0.2) is 15.0 Å². The zero-order valence-electron chi connectivity index (χ0n) is 11.3. The highest BCUT2D eigenvalue weighted by molar-refractivity contribution is 5.47. The summed E-state index contributed by atoms with van der Waals surface area (Å²) >= 11 is 0. The standard InChI is InChI=1S/C13H17N5O/c1-18(2)12-6-11(16-9-17-12)14-7-10-4-5-13(19-3)15-8-10/h4-6,8-9H,7H2,1-3H3,(H,14,16,17). The van der Waals surface area contributed by atoms with Gasteiger partial charge in [-0.3, -0.25) is 0 Å². The van der Waals surface area contributed by atoms with E-state index in [1.54, 1.807) is 19.6 Å². The molecule has 2 rings (SSSR count). The maximum absolute atomic E-state index is 5.02. The van der Waals surface area contributed by atoms with Gasteiger partial charge in [-0.15, -0.1) is 0 Å². The number of nitrogens with zero attached hydrogens (tertiary/aromatic N) is 4. The van der Waals surface area contributed by atoms with E-state index in [1.807, 2.05) is 37.2 Å². The summed E-state index contributed by atoms with van der Waals surface area (Å²) in [6, 6.07) is 5.70. The first-order chi connectivity index (χ1) is 9.19. The molecule has 0 atom stereocenters. The first-order valence-corrected chi connectivity index (χ1v) is 5.91. The minimum atomic E-state index is 0.612. The highest BCUT2D eigenvalue weighted by Gasteiger charge is 2.01. The average Bonchev–Trinajstić information content (AvgIpc) is 2.46. The van der Waals surface area contributed by atoms with Crippen molar-refractivity contribution in [2.75, 3.05) is 31.4 Å². The van der Waals surface area contributed by atoms with Crippen molar-refractivity contribution in [1.29, 1.82) is 0 Å². The Morgan fingerprint density at radius 3 is 2.68 bits per heavy atom. The lowest BCUT2D eigenvalue weighted by Gasteiger charge is -2.12. The Morgan fingerprint density at radius 1 is 1.21 bits per heavy atom. The van der Waals surface area contributed by atoms with Crippen molar-refractivity contribution in [3.63, 3.8) is 0 Å². The normalized spacial score (nSPS) is 10.1. The molecule has 0 aromatic carbocycles. The van der Waals surface area contributed by atoms with Gasteiger partial charge < -0.3 is 15.0 Å². The lowest BCUT2D eigenvalue weighted by atomic mass is 10.3. The number of ether oxygens (including phenoxy) is 1. The van der Waals surface area contributed by atoms with Gasteiger partial charge >= 0.3 is 0 Å². The molecule has 1 N–H and O–H groups in total. The Balaban J connectivity index is 1.99. The topological polar surface area (TPSA) is 63.2 Å². The number of anilines is 2. The second-order valence-corrected chi connectivity index (χ2v) is 4.22. The van der Waals surface area contributed by atoms with Crippen molar-refractivity contribution in [2.24, 2.45) is 0 Å². The van der Waals surface area contributed by atoms with Gasteiger partial charge in [0.05, 0.1) is 7.11 Å². The molecule has 2 heterocycles. The molecule has 0 spiro atoms. The summed E-state index contributed by atoms with van der Waals surface area (Å²) in [4.78, 5) is 14.4. The van der Waals surface area contributed by atoms with E-state index in [4.69, 9.17) is 4.74 Å². The van der Waals surface area contributed by atoms with Gasteiger partial charge in [-0.2, -0.15) is 0 Å². The van der Waals surface area contributed by atoms with Crippen LogP contribution in [0.3, 0.4) is 0 Å². The van der Waals surface area contributed by atoms with Crippen LogP contribution in [0, 0.1) is 0 Å². The highest BCUT2D eigenvalue weighted by Crippen LogP contribution is 2.13. The fourth-order valence-electron chi connectivity index (χ4n) is 1.52. The van der Waals surface area contributed by atoms with E-state index in [9.17, 15) is 0 Å². The molecular formula is C13H17N5O. The first-order valence-electron chi connectivity index (χ1n) is 5.91. The molecule has 2 aromatic heterocycles. The lowest BCUT2D eigenvalue weighted by molar-refractivity contribution is 0.397. The fraction of sp³-hybridized carbons (Fsp3) is 0.308. The van der Waals surface area contributed by atoms with E-state index in [-0.39, 0.29) is 0 Å². The molecule has 2 aromatic rings. The summed E-state index contributed by atoms with van der Waals surface area (Å²) in [5.74, 6) is 2.26. The van der Waals surface area contributed by atoms with Crippen LogP contribution in [0.1, 0.15) is 5.56 Å². The third kappa shape index (κ3) is 3.54. The van der Waals surface area contributed by atoms with Crippen molar-refractivity contribution in [3.8, 4) is 5.88 Å². The molecule has 0 saturated heterocycles. The third-order valence-electron chi connectivity index (χ3n) is 2.59. The summed E-state index contributed by atoms with van der Waals surface area (Å²) < 4.78 is 5.02. The minimum Gasteiger partial charge on any atom is -0.481 e. The summed E-state index contributed by atoms with van der Waals surface area (Å²) in [6.45, 7) is 0.654. The minimum absolute atomic E-state index is 0.612. The molecule has 0 aliphatic carbocycles. The number of nitrogens with one attached hydrogen (secondary N) is 1. The largest absolute Gasteiger partial charge is 0.481 e. The summed E-state index contributed by atoms with van der Waals surface area (Å²) in [5, 5.41) is 3.24. The first kappa shape index (κ1) is 13.1. The molecule has 19 heavy (non-hydrogen) atoms. The SMILES string of the molecule is COc1ccc(CNc2cc(N(C)C)ncn2)cn1. The molecule has 0 aliphatic heterocycles. The molecule has 0 saturated carbocycles. The van der Waals surface area contributed by atoms with Crippen molar-refractivity contribution in [2.45, 2.75) is 6.54 Å². The van der Waals surface area contributed by atoms with E-state index in [1.165, 1.54) is 0 Å². The van der Waals surface area contributed by atoms with Crippen LogP contribution in [-0.2, 0) is 6.54 Å². The zero-order chi connectivity index (χ0) is 13.7. The molecular weight excluding hydrogens is 242 g/mol. The van der Waals surface area contributed by atoms with Crippen molar-refractivity contribution >= 4 is 11.6 Å². The van der Waals surface area contributed by atoms with Crippen LogP contribution in [0.25, 0.3) is 0 Å². The molecule has 0 amide bonds. The molecule has 0 aliphatic rings. The Bertz CT molecular complexity index is 527. The maximum Gasteiger partial charge on any atom is 0.212 e. The third-order valence-corrected chi connectivity index (χ3v) is 2.59. The number of pyridine rings is 1. The van der Waals surface area contributed by atoms with Crippen molar-refractivity contribution < 1.29 is 4.74 Å². The Hall–Kier alpha value is -2.37. The molecule has 6 nitrogen and oxygen atoms in total. The Kier molecular flexibility index (Phi) is 4.12. The van der Waals surface area contributed by atoms with Gasteiger partial charge in [0.15, 0.2) is 0 Å². The van der Waals surface area contributed by atoms with Crippen molar-refractivity contribution in [3.05, 3.63) is 36.3 Å². The van der Waals surface area contributed by atoms with E-state index >= 15 is 0 Å². The van der Waals surface area contributed by atoms with E-state index in [2.05, 4.69) is 20.3 Å². The number of hydrogen-bond donors (Lipinski definition) is 1. The fourth-order valence-corrected chi connectivity index (χ4v) is 1.52. The van der Waals surface area contributed by atoms with Crippen molar-refractivity contribution in [1.82, 2.24) is 15.0 Å². The summed E-state index contributed by atoms with van der Waals surface area (Å²) in [6.07, 6.45) is 3.32. The molecule has 100 valence electrons. The van der Waals surface area contributed by atoms with E-state index in [0.717, 1.165) is 17.2 Å². The van der Waals surface area contributed by atoms with Gasteiger partial charge in [0.2, 0.25) is 5.88 Å². The second-order valence-electron chi connectivity index (χ2n) is 4.22. The van der Waals surface area contributed by atoms with Crippen LogP contribution in [-0.4, -0.2) is 36.2 Å². The van der Waals surface area contributed by atoms with Crippen LogP contribution in [0.5, 0.6) is 5.88 Å². The molecule has 0 unspecified atom stereocenters. The van der Waals surface area contributed by atoms with Crippen LogP contribution < -0.4 is 15.0 Å². The summed E-state index contributed by atoms with van der Waals surface area (Å²) in [7, 11) is 5.49. The van der Waals surface area contributed by atoms with Gasteiger partial charge in [-0.1, -0.05) is 6.07 Å².